The van der Waals surface area contributed by atoms with Crippen LogP contribution < -0.4 is 5.11 Å². The van der Waals surface area contributed by atoms with Gasteiger partial charge in [-0.15, -0.1) is 0 Å². The van der Waals surface area contributed by atoms with E-state index < -0.39 is 11.9 Å². The normalized spacial score (nSPS) is 9.55. The number of ether oxygens (including phenoxy) is 1. The van der Waals surface area contributed by atoms with Crippen LogP contribution in [-0.4, -0.2) is 11.9 Å². The molecule has 0 N–H and O–H groups in total. The van der Waals surface area contributed by atoms with Gasteiger partial charge in [0.1, 0.15) is 0 Å². The van der Waals surface area contributed by atoms with Crippen molar-refractivity contribution in [2.45, 2.75) is 6.92 Å². The maximum Gasteiger partial charge on any atom is 0.337 e. The third-order valence-electron chi connectivity index (χ3n) is 0.728. The third-order valence-corrected chi connectivity index (χ3v) is 0.728. The summed E-state index contributed by atoms with van der Waals surface area (Å²) in [6, 6.07) is 0. The topological polar surface area (TPSA) is 66.4 Å². The number of aliphatic carboxylic acids is 1. The molecule has 0 amide bonds. The van der Waals surface area contributed by atoms with Crippen LogP contribution in [0, 0.1) is 0 Å². The van der Waals surface area contributed by atoms with Gasteiger partial charge in [0.05, 0.1) is 12.2 Å². The molecule has 4 nitrogen and oxygen atoms in total. The highest BCUT2D eigenvalue weighted by atomic mass is 16.5. The Morgan fingerprint density at radius 1 is 1.55 bits per heavy atom. The predicted octanol–water partition coefficient (Wildman–Crippen LogP) is -0.631. The van der Waals surface area contributed by atoms with Gasteiger partial charge in [-0.3, -0.25) is 0 Å². The molecule has 4 heteroatoms. The van der Waals surface area contributed by atoms with E-state index >= 15 is 0 Å². The maximum absolute atomic E-state index is 10.5. The molecule has 0 unspecified atom stereocenters. The Kier molecular flexibility index (Phi) is 3.66. The number of carbonyl (C=O) groups excluding carboxylic acids is 2. The Labute approximate surface area is 63.8 Å². The van der Waals surface area contributed by atoms with Crippen molar-refractivity contribution in [1.82, 2.24) is 0 Å². The molecule has 0 bridgehead atoms. The summed E-state index contributed by atoms with van der Waals surface area (Å²) in [4.78, 5) is 20.3. The molecule has 11 heavy (non-hydrogen) atoms. The van der Waals surface area contributed by atoms with Crippen molar-refractivity contribution in [2.75, 3.05) is 0 Å². The molecular formula is C7H7O4-. The molecule has 0 aliphatic heterocycles. The standard InChI is InChI=1S/C7H8O4/c1-5(2)7(10)11-4-3-6(8)9/h3-4H,1H2,2H3,(H,8,9)/p-1/b4-3+. The first-order valence-corrected chi connectivity index (χ1v) is 2.78. The first-order valence-electron chi connectivity index (χ1n) is 2.78. The van der Waals surface area contributed by atoms with E-state index in [0.29, 0.717) is 6.08 Å². The van der Waals surface area contributed by atoms with E-state index in [1.165, 1.54) is 6.92 Å². The van der Waals surface area contributed by atoms with Gasteiger partial charge < -0.3 is 14.6 Å². The molecule has 0 saturated heterocycles. The molecule has 0 aliphatic carbocycles. The summed E-state index contributed by atoms with van der Waals surface area (Å²) in [5, 5.41) is 9.74. The van der Waals surface area contributed by atoms with Gasteiger partial charge in [-0.1, -0.05) is 6.58 Å². The van der Waals surface area contributed by atoms with Crippen molar-refractivity contribution in [3.8, 4) is 0 Å². The molecule has 0 atom stereocenters. The molecule has 0 radical (unpaired) electrons. The number of hydrogen-bond donors (Lipinski definition) is 0. The predicted molar refractivity (Wildman–Crippen MR) is 35.1 cm³/mol. The van der Waals surface area contributed by atoms with Crippen molar-refractivity contribution < 1.29 is 19.4 Å². The lowest BCUT2D eigenvalue weighted by Crippen LogP contribution is -2.18. The van der Waals surface area contributed by atoms with Gasteiger partial charge in [0.25, 0.3) is 0 Å². The lowest BCUT2D eigenvalue weighted by molar-refractivity contribution is -0.297. The number of carboxylic acid groups (broad SMARTS) is 1. The van der Waals surface area contributed by atoms with Crippen LogP contribution in [0.1, 0.15) is 6.92 Å². The molecular weight excluding hydrogens is 148 g/mol. The van der Waals surface area contributed by atoms with Gasteiger partial charge in [0.2, 0.25) is 0 Å². The molecule has 0 heterocycles. The lowest BCUT2D eigenvalue weighted by Gasteiger charge is -1.95. The fourth-order valence-electron chi connectivity index (χ4n) is 0.252. The first kappa shape index (κ1) is 9.42. The Bertz CT molecular complexity index is 214. The maximum atomic E-state index is 10.5. The smallest absolute Gasteiger partial charge is 0.337 e. The minimum absolute atomic E-state index is 0.202. The van der Waals surface area contributed by atoms with E-state index in [1.807, 2.05) is 0 Å². The largest absolute Gasteiger partial charge is 0.545 e. The molecule has 0 aliphatic rings. The second-order valence-electron chi connectivity index (χ2n) is 1.81. The highest BCUT2D eigenvalue weighted by molar-refractivity contribution is 5.87. The Balaban J connectivity index is 3.80. The number of carboxylic acids is 1. The highest BCUT2D eigenvalue weighted by Gasteiger charge is 1.98. The third kappa shape index (κ3) is 4.90. The zero-order chi connectivity index (χ0) is 8.85. The average Bonchev–Trinajstić information content (AvgIpc) is 1.86. The summed E-state index contributed by atoms with van der Waals surface area (Å²) in [6.07, 6.45) is 1.35. The van der Waals surface area contributed by atoms with E-state index in [9.17, 15) is 14.7 Å². The summed E-state index contributed by atoms with van der Waals surface area (Å²) in [6.45, 7) is 4.73. The summed E-state index contributed by atoms with van der Waals surface area (Å²) in [5.41, 5.74) is 0.202. The van der Waals surface area contributed by atoms with Gasteiger partial charge in [-0.25, -0.2) is 4.79 Å². The molecule has 0 aromatic heterocycles. The fraction of sp³-hybridized carbons (Fsp3) is 0.143. The molecule has 0 spiro atoms. The fourth-order valence-corrected chi connectivity index (χ4v) is 0.252. The number of esters is 1. The summed E-state index contributed by atoms with van der Waals surface area (Å²) in [5.74, 6) is -2.08. The second kappa shape index (κ2) is 4.27. The minimum atomic E-state index is -1.42. The average molecular weight is 155 g/mol. The van der Waals surface area contributed by atoms with Crippen molar-refractivity contribution in [3.05, 3.63) is 24.5 Å². The van der Waals surface area contributed by atoms with Gasteiger partial charge >= 0.3 is 5.97 Å². The summed E-state index contributed by atoms with van der Waals surface area (Å²) >= 11 is 0. The molecule has 0 saturated carbocycles. The highest BCUT2D eigenvalue weighted by Crippen LogP contribution is 1.91. The van der Waals surface area contributed by atoms with E-state index in [0.717, 1.165) is 6.26 Å². The van der Waals surface area contributed by atoms with E-state index in [4.69, 9.17) is 0 Å². The Hall–Kier alpha value is -1.58. The van der Waals surface area contributed by atoms with Gasteiger partial charge in [0, 0.05) is 5.57 Å². The Morgan fingerprint density at radius 3 is 2.45 bits per heavy atom. The van der Waals surface area contributed by atoms with Crippen molar-refractivity contribution >= 4 is 11.9 Å². The van der Waals surface area contributed by atoms with E-state index in [2.05, 4.69) is 11.3 Å². The van der Waals surface area contributed by atoms with Gasteiger partial charge in [0.15, 0.2) is 0 Å². The van der Waals surface area contributed by atoms with Crippen LogP contribution in [0.3, 0.4) is 0 Å². The second-order valence-corrected chi connectivity index (χ2v) is 1.81. The monoisotopic (exact) mass is 155 g/mol. The molecule has 60 valence electrons. The van der Waals surface area contributed by atoms with Gasteiger partial charge in [-0.05, 0) is 13.0 Å². The first-order chi connectivity index (χ1) is 5.04. The Morgan fingerprint density at radius 2 is 2.09 bits per heavy atom. The SMILES string of the molecule is C=C(C)C(=O)O/C=C/C(=O)[O-]. The van der Waals surface area contributed by atoms with E-state index in [1.54, 1.807) is 0 Å². The van der Waals surface area contributed by atoms with Crippen LogP contribution in [0.5, 0.6) is 0 Å². The number of carbonyl (C=O) groups is 2. The number of hydrogen-bond acceptors (Lipinski definition) is 4. The van der Waals surface area contributed by atoms with Crippen molar-refractivity contribution in [1.29, 1.82) is 0 Å². The molecule has 0 rings (SSSR count). The van der Waals surface area contributed by atoms with Crippen LogP contribution in [0.25, 0.3) is 0 Å². The van der Waals surface area contributed by atoms with Crippen LogP contribution in [0.4, 0.5) is 0 Å². The molecule has 0 fully saturated rings. The van der Waals surface area contributed by atoms with Gasteiger partial charge in [-0.2, -0.15) is 0 Å². The summed E-state index contributed by atoms with van der Waals surface area (Å²) in [7, 11) is 0. The zero-order valence-corrected chi connectivity index (χ0v) is 5.99. The minimum Gasteiger partial charge on any atom is -0.545 e. The van der Waals surface area contributed by atoms with E-state index in [-0.39, 0.29) is 5.57 Å². The van der Waals surface area contributed by atoms with Crippen molar-refractivity contribution in [3.63, 3.8) is 0 Å². The van der Waals surface area contributed by atoms with Crippen LogP contribution in [0.15, 0.2) is 24.5 Å². The summed E-state index contributed by atoms with van der Waals surface area (Å²) < 4.78 is 4.27. The van der Waals surface area contributed by atoms with Crippen LogP contribution >= 0.6 is 0 Å². The van der Waals surface area contributed by atoms with Crippen LogP contribution in [-0.2, 0) is 14.3 Å². The number of rotatable bonds is 3. The van der Waals surface area contributed by atoms with Crippen molar-refractivity contribution in [2.24, 2.45) is 0 Å². The van der Waals surface area contributed by atoms with Crippen LogP contribution in [0.2, 0.25) is 0 Å². The molecule has 0 aromatic carbocycles. The lowest BCUT2D eigenvalue weighted by atomic mass is 10.4. The quantitative estimate of drug-likeness (QED) is 0.309. The molecule has 0 aromatic rings. The zero-order valence-electron chi connectivity index (χ0n) is 5.99.